The van der Waals surface area contributed by atoms with Crippen molar-refractivity contribution < 1.29 is 49.1 Å². The van der Waals surface area contributed by atoms with Crippen LogP contribution in [0.25, 0.3) is 0 Å². The Morgan fingerprint density at radius 3 is 0.750 bits per heavy atom. The summed E-state index contributed by atoms with van der Waals surface area (Å²) in [4.78, 5) is 0. The van der Waals surface area contributed by atoms with Crippen molar-refractivity contribution in [3.05, 3.63) is 0 Å². The molecule has 1 radical (unpaired) electrons. The van der Waals surface area contributed by atoms with Crippen LogP contribution in [0.2, 0.25) is 0 Å². The fourth-order valence-electron chi connectivity index (χ4n) is 0. The molecule has 0 spiro atoms. The quantitative estimate of drug-likeness (QED) is 0.487. The summed E-state index contributed by atoms with van der Waals surface area (Å²) in [5.74, 6) is 0. The minimum Gasteiger partial charge on any atom is -2.00 e. The smallest absolute Gasteiger partial charge is 2.00 e. The molecule has 0 aromatic carbocycles. The molecule has 0 N–H and O–H groups in total. The van der Waals surface area contributed by atoms with Gasteiger partial charge in [0.2, 0.25) is 0 Å². The largest absolute Gasteiger partial charge is 3.00 e. The van der Waals surface area contributed by atoms with Gasteiger partial charge in [-0.25, -0.2) is 0 Å². The van der Waals surface area contributed by atoms with Crippen molar-refractivity contribution >= 4 is 23.1 Å². The Labute approximate surface area is 71.1 Å². The van der Waals surface area contributed by atoms with Crippen LogP contribution in [0, 0.1) is 38.2 Å². The van der Waals surface area contributed by atoms with E-state index in [-0.39, 0.29) is 72.2 Å². The van der Waals surface area contributed by atoms with Gasteiger partial charge >= 0.3 is 61.2 Å². The van der Waals surface area contributed by atoms with Gasteiger partial charge < -0.3 is 11.0 Å². The molecule has 0 bridgehead atoms. The van der Waals surface area contributed by atoms with E-state index >= 15 is 0 Å². The molecule has 0 saturated carbocycles. The SMILES string of the molecule is [Dy+3].[Mg+2].[O-2].[O-2]. The van der Waals surface area contributed by atoms with Crippen LogP contribution < -0.4 is 0 Å². The van der Waals surface area contributed by atoms with Crippen LogP contribution in [0.15, 0.2) is 0 Å². The van der Waals surface area contributed by atoms with Crippen molar-refractivity contribution in [3.63, 3.8) is 0 Å². The van der Waals surface area contributed by atoms with Crippen molar-refractivity contribution in [2.45, 2.75) is 0 Å². The molecule has 0 aliphatic rings. The normalized spacial score (nSPS) is 0. The van der Waals surface area contributed by atoms with Gasteiger partial charge in [0.05, 0.1) is 0 Å². The Balaban J connectivity index is 0. The summed E-state index contributed by atoms with van der Waals surface area (Å²) in [6, 6.07) is 0. The van der Waals surface area contributed by atoms with Crippen LogP contribution in [0.5, 0.6) is 0 Å². The van der Waals surface area contributed by atoms with E-state index in [9.17, 15) is 0 Å². The molecule has 0 unspecified atom stereocenters. The van der Waals surface area contributed by atoms with Crippen molar-refractivity contribution in [2.75, 3.05) is 0 Å². The zero-order valence-electron chi connectivity index (χ0n) is 1.84. The third kappa shape index (κ3) is 9.03. The summed E-state index contributed by atoms with van der Waals surface area (Å²) in [5, 5.41) is 0. The first-order valence-electron chi connectivity index (χ1n) is 0. The zero-order chi connectivity index (χ0) is 0. The zero-order valence-corrected chi connectivity index (χ0v) is 5.28. The third-order valence-corrected chi connectivity index (χ3v) is 0. The summed E-state index contributed by atoms with van der Waals surface area (Å²) in [6.07, 6.45) is 0. The van der Waals surface area contributed by atoms with Gasteiger partial charge in [-0.05, 0) is 0 Å². The van der Waals surface area contributed by atoms with Crippen molar-refractivity contribution in [1.29, 1.82) is 0 Å². The minimum absolute atomic E-state index is 0. The molecule has 0 heterocycles. The number of rotatable bonds is 0. The Morgan fingerprint density at radius 1 is 0.750 bits per heavy atom. The Hall–Kier alpha value is 1.96. The van der Waals surface area contributed by atoms with Crippen molar-refractivity contribution in [1.82, 2.24) is 0 Å². The number of hydrogen-bond donors (Lipinski definition) is 0. The van der Waals surface area contributed by atoms with Gasteiger partial charge in [-0.2, -0.15) is 0 Å². The van der Waals surface area contributed by atoms with E-state index in [0.717, 1.165) is 0 Å². The maximum atomic E-state index is 0. The van der Waals surface area contributed by atoms with Gasteiger partial charge in [-0.1, -0.05) is 0 Å². The Bertz CT molecular complexity index is 6.00. The molecule has 4 heteroatoms. The predicted molar refractivity (Wildman–Crippen MR) is 7.13 cm³/mol. The average Bonchev–Trinajstić information content (AvgIpc) is 0. The number of hydrogen-bond acceptors (Lipinski definition) is 0. The molecule has 0 atom stereocenters. The molecule has 0 fully saturated rings. The molecule has 0 saturated heterocycles. The molecule has 0 aromatic heterocycles. The maximum absolute atomic E-state index is 0. The van der Waals surface area contributed by atoms with Crippen LogP contribution in [0.4, 0.5) is 0 Å². The Morgan fingerprint density at radius 2 is 0.750 bits per heavy atom. The molecule has 0 aromatic rings. The van der Waals surface area contributed by atoms with E-state index in [1.165, 1.54) is 0 Å². The Kier molecular flexibility index (Phi) is 193. The first-order chi connectivity index (χ1) is 0. The molecule has 23 valence electrons. The monoisotopic (exact) mass is 220 g/mol. The maximum Gasteiger partial charge on any atom is 3.00 e. The van der Waals surface area contributed by atoms with E-state index in [1.54, 1.807) is 0 Å². The van der Waals surface area contributed by atoms with Crippen LogP contribution in [-0.4, -0.2) is 23.1 Å². The molecule has 0 rings (SSSR count). The van der Waals surface area contributed by atoms with Gasteiger partial charge in [-0.3, -0.25) is 0 Å². The first kappa shape index (κ1) is 38.2. The van der Waals surface area contributed by atoms with Gasteiger partial charge in [0.1, 0.15) is 0 Å². The fourth-order valence-corrected chi connectivity index (χ4v) is 0. The molecule has 2 nitrogen and oxygen atoms in total. The van der Waals surface area contributed by atoms with Gasteiger partial charge in [-0.15, -0.1) is 0 Å². The second-order valence-electron chi connectivity index (χ2n) is 0. The van der Waals surface area contributed by atoms with Gasteiger partial charge in [0, 0.05) is 0 Å². The van der Waals surface area contributed by atoms with Crippen molar-refractivity contribution in [3.8, 4) is 0 Å². The summed E-state index contributed by atoms with van der Waals surface area (Å²) in [5.41, 5.74) is 0. The summed E-state index contributed by atoms with van der Waals surface area (Å²) < 4.78 is 0. The topological polar surface area (TPSA) is 57.0 Å². The van der Waals surface area contributed by atoms with E-state index in [2.05, 4.69) is 0 Å². The van der Waals surface area contributed by atoms with E-state index < -0.39 is 0 Å². The third-order valence-electron chi connectivity index (χ3n) is 0. The van der Waals surface area contributed by atoms with Crippen LogP contribution in [0.1, 0.15) is 0 Å². The van der Waals surface area contributed by atoms with E-state index in [4.69, 9.17) is 0 Å². The van der Waals surface area contributed by atoms with Crippen molar-refractivity contribution in [2.24, 2.45) is 0 Å². The molecule has 0 aliphatic carbocycles. The molecule has 0 amide bonds. The summed E-state index contributed by atoms with van der Waals surface area (Å²) in [6.45, 7) is 0. The molecular weight excluding hydrogens is 219 g/mol. The van der Waals surface area contributed by atoms with Crippen LogP contribution >= 0.6 is 0 Å². The molecule has 0 aliphatic heterocycles. The van der Waals surface area contributed by atoms with Gasteiger partial charge in [0.25, 0.3) is 0 Å². The molecular formula is DyMgO2+. The molecule has 4 heavy (non-hydrogen) atoms. The van der Waals surface area contributed by atoms with Crippen LogP contribution in [0.3, 0.4) is 0 Å². The standard InChI is InChI=1S/Dy.Mg.2O/q+3;+2;2*-2. The first-order valence-corrected chi connectivity index (χ1v) is 0. The predicted octanol–water partition coefficient (Wildman–Crippen LogP) is -0.618. The second kappa shape index (κ2) is 20.3. The summed E-state index contributed by atoms with van der Waals surface area (Å²) in [7, 11) is 0. The minimum atomic E-state index is 0. The van der Waals surface area contributed by atoms with E-state index in [1.807, 2.05) is 0 Å². The van der Waals surface area contributed by atoms with E-state index in [0.29, 0.717) is 0 Å². The average molecular weight is 219 g/mol. The summed E-state index contributed by atoms with van der Waals surface area (Å²) >= 11 is 0. The van der Waals surface area contributed by atoms with Crippen LogP contribution in [-0.2, 0) is 11.0 Å². The second-order valence-corrected chi connectivity index (χ2v) is 0. The van der Waals surface area contributed by atoms with Gasteiger partial charge in [0.15, 0.2) is 0 Å². The fraction of sp³-hybridized carbons (Fsp3) is 0.